The van der Waals surface area contributed by atoms with Crippen molar-refractivity contribution in [3.63, 3.8) is 0 Å². The van der Waals surface area contributed by atoms with Crippen LogP contribution in [0.4, 0.5) is 8.78 Å². The predicted octanol–water partition coefficient (Wildman–Crippen LogP) is 1.69. The maximum Gasteiger partial charge on any atom is 0.231 e. The summed E-state index contributed by atoms with van der Waals surface area (Å²) in [4.78, 5) is 0. The Kier molecular flexibility index (Phi) is 1.21. The molecule has 4 heteroatoms. The summed E-state index contributed by atoms with van der Waals surface area (Å²) in [6.07, 6.45) is 0. The van der Waals surface area contributed by atoms with Gasteiger partial charge in [-0.2, -0.15) is 8.78 Å². The van der Waals surface area contributed by atoms with Gasteiger partial charge in [-0.15, -0.1) is 0 Å². The van der Waals surface area contributed by atoms with Crippen LogP contribution in [0.5, 0.6) is 11.5 Å². The van der Waals surface area contributed by atoms with E-state index in [1.54, 1.807) is 0 Å². The van der Waals surface area contributed by atoms with Crippen LogP contribution in [0.25, 0.3) is 0 Å². The first kappa shape index (κ1) is 6.39. The third-order valence-electron chi connectivity index (χ3n) is 1.44. The normalized spacial score (nSPS) is 13.6. The molecule has 0 radical (unpaired) electrons. The molecule has 2 heterocycles. The number of fused-ring (bicyclic) bond motifs is 4. The molecule has 0 spiro atoms. The van der Waals surface area contributed by atoms with Gasteiger partial charge in [0.05, 0.1) is 0 Å². The molecular formula is C7H4F2O2. The molecule has 0 aromatic heterocycles. The third kappa shape index (κ3) is 0.824. The monoisotopic (exact) mass is 158 g/mol. The summed E-state index contributed by atoms with van der Waals surface area (Å²) in [5.74, 6) is -2.19. The molecule has 2 bridgehead atoms. The Balaban J connectivity index is 2.67. The van der Waals surface area contributed by atoms with Gasteiger partial charge in [-0.1, -0.05) is 0 Å². The summed E-state index contributed by atoms with van der Waals surface area (Å²) in [5, 5.41) is 0. The second-order valence-electron chi connectivity index (χ2n) is 2.10. The van der Waals surface area contributed by atoms with E-state index in [0.717, 1.165) is 0 Å². The Morgan fingerprint density at radius 2 is 1.45 bits per heavy atom. The molecule has 0 amide bonds. The first-order chi connectivity index (χ1) is 5.29. The zero-order valence-electron chi connectivity index (χ0n) is 5.43. The summed E-state index contributed by atoms with van der Waals surface area (Å²) < 4.78 is 34.8. The standard InChI is InChI=1S/C7H4F2O2/c8-6-4-1-2-5(7(6)9)11-3-10-4/h1-2H,3H2. The van der Waals surface area contributed by atoms with Gasteiger partial charge < -0.3 is 9.47 Å². The molecule has 1 aromatic rings. The van der Waals surface area contributed by atoms with Crippen molar-refractivity contribution in [2.75, 3.05) is 6.79 Å². The first-order valence-electron chi connectivity index (χ1n) is 3.02. The van der Waals surface area contributed by atoms with E-state index in [9.17, 15) is 8.78 Å². The Bertz CT molecular complexity index is 270. The van der Waals surface area contributed by atoms with Crippen LogP contribution in [0.3, 0.4) is 0 Å². The van der Waals surface area contributed by atoms with Gasteiger partial charge in [-0.25, -0.2) is 0 Å². The van der Waals surface area contributed by atoms with Crippen molar-refractivity contribution < 1.29 is 18.3 Å². The number of halogens is 2. The summed E-state index contributed by atoms with van der Waals surface area (Å²) in [6, 6.07) is 2.67. The number of benzene rings is 1. The minimum absolute atomic E-state index is 0.108. The predicted molar refractivity (Wildman–Crippen MR) is 32.5 cm³/mol. The van der Waals surface area contributed by atoms with Gasteiger partial charge in [0.15, 0.2) is 11.5 Å². The van der Waals surface area contributed by atoms with Crippen LogP contribution < -0.4 is 9.47 Å². The quantitative estimate of drug-likeness (QED) is 0.572. The smallest absolute Gasteiger partial charge is 0.231 e. The lowest BCUT2D eigenvalue weighted by atomic mass is 10.3. The van der Waals surface area contributed by atoms with Crippen LogP contribution in [-0.2, 0) is 0 Å². The van der Waals surface area contributed by atoms with Crippen molar-refractivity contribution in [2.24, 2.45) is 0 Å². The minimum atomic E-state index is -0.986. The van der Waals surface area contributed by atoms with Gasteiger partial charge >= 0.3 is 0 Å². The fraction of sp³-hybridized carbons (Fsp3) is 0.143. The largest absolute Gasteiger partial charge is 0.454 e. The van der Waals surface area contributed by atoms with E-state index in [2.05, 4.69) is 0 Å². The molecule has 0 atom stereocenters. The van der Waals surface area contributed by atoms with Crippen molar-refractivity contribution in [3.8, 4) is 11.5 Å². The second kappa shape index (κ2) is 2.08. The molecule has 2 nitrogen and oxygen atoms in total. The Hall–Kier alpha value is -1.32. The van der Waals surface area contributed by atoms with E-state index in [0.29, 0.717) is 0 Å². The molecule has 0 saturated heterocycles. The van der Waals surface area contributed by atoms with Gasteiger partial charge in [-0.3, -0.25) is 0 Å². The molecular weight excluding hydrogens is 154 g/mol. The highest BCUT2D eigenvalue weighted by atomic mass is 19.2. The molecule has 0 fully saturated rings. The van der Waals surface area contributed by atoms with Gasteiger partial charge in [-0.05, 0) is 12.1 Å². The first-order valence-corrected chi connectivity index (χ1v) is 3.02. The summed E-state index contributed by atoms with van der Waals surface area (Å²) in [7, 11) is 0. The maximum atomic E-state index is 12.7. The van der Waals surface area contributed by atoms with E-state index >= 15 is 0 Å². The van der Waals surface area contributed by atoms with Gasteiger partial charge in [0.25, 0.3) is 0 Å². The highest BCUT2D eigenvalue weighted by Gasteiger charge is 2.18. The molecule has 0 unspecified atom stereocenters. The lowest BCUT2D eigenvalue weighted by molar-refractivity contribution is 0.123. The molecule has 58 valence electrons. The summed E-state index contributed by atoms with van der Waals surface area (Å²) in [5.41, 5.74) is 0. The van der Waals surface area contributed by atoms with Crippen molar-refractivity contribution in [1.29, 1.82) is 0 Å². The van der Waals surface area contributed by atoms with Crippen LogP contribution in [0.15, 0.2) is 12.1 Å². The highest BCUT2D eigenvalue weighted by molar-refractivity contribution is 5.36. The second-order valence-corrected chi connectivity index (χ2v) is 2.10. The number of hydrogen-bond acceptors (Lipinski definition) is 2. The van der Waals surface area contributed by atoms with Gasteiger partial charge in [0.2, 0.25) is 18.4 Å². The number of ether oxygens (including phenoxy) is 2. The Morgan fingerprint density at radius 3 is 1.91 bits per heavy atom. The molecule has 2 aliphatic heterocycles. The third-order valence-corrected chi connectivity index (χ3v) is 1.44. The minimum Gasteiger partial charge on any atom is -0.454 e. The topological polar surface area (TPSA) is 18.5 Å². The van der Waals surface area contributed by atoms with Gasteiger partial charge in [0.1, 0.15) is 0 Å². The van der Waals surface area contributed by atoms with Crippen LogP contribution in [-0.4, -0.2) is 6.79 Å². The van der Waals surface area contributed by atoms with E-state index in [1.807, 2.05) is 0 Å². The summed E-state index contributed by atoms with van der Waals surface area (Å²) in [6.45, 7) is -0.140. The zero-order valence-corrected chi connectivity index (χ0v) is 5.43. The van der Waals surface area contributed by atoms with Crippen LogP contribution >= 0.6 is 0 Å². The number of hydrogen-bond donors (Lipinski definition) is 0. The van der Waals surface area contributed by atoms with Crippen molar-refractivity contribution in [1.82, 2.24) is 0 Å². The lowest BCUT2D eigenvalue weighted by Crippen LogP contribution is -2.01. The van der Waals surface area contributed by atoms with E-state index in [4.69, 9.17) is 9.47 Å². The molecule has 3 rings (SSSR count). The van der Waals surface area contributed by atoms with E-state index in [1.165, 1.54) is 12.1 Å². The van der Waals surface area contributed by atoms with Crippen molar-refractivity contribution in [3.05, 3.63) is 23.8 Å². The van der Waals surface area contributed by atoms with Gasteiger partial charge in [0, 0.05) is 0 Å². The van der Waals surface area contributed by atoms with Crippen LogP contribution in [0, 0.1) is 11.6 Å². The fourth-order valence-corrected chi connectivity index (χ4v) is 0.893. The Labute approximate surface area is 61.3 Å². The molecule has 1 aromatic carbocycles. The fourth-order valence-electron chi connectivity index (χ4n) is 0.893. The average Bonchev–Trinajstić information content (AvgIpc) is 2.30. The van der Waals surface area contributed by atoms with Crippen molar-refractivity contribution in [2.45, 2.75) is 0 Å². The molecule has 0 aliphatic carbocycles. The Morgan fingerprint density at radius 1 is 1.00 bits per heavy atom. The molecule has 0 saturated carbocycles. The number of rotatable bonds is 0. The highest BCUT2D eigenvalue weighted by Crippen LogP contribution is 2.29. The van der Waals surface area contributed by atoms with Crippen molar-refractivity contribution >= 4 is 0 Å². The van der Waals surface area contributed by atoms with Crippen LogP contribution in [0.2, 0.25) is 0 Å². The molecule has 2 aliphatic rings. The summed E-state index contributed by atoms with van der Waals surface area (Å²) >= 11 is 0. The van der Waals surface area contributed by atoms with Crippen LogP contribution in [0.1, 0.15) is 0 Å². The zero-order chi connectivity index (χ0) is 7.84. The molecule has 0 N–H and O–H groups in total. The maximum absolute atomic E-state index is 12.7. The average molecular weight is 158 g/mol. The lowest BCUT2D eigenvalue weighted by Gasteiger charge is -1.98. The van der Waals surface area contributed by atoms with E-state index < -0.39 is 11.6 Å². The SMILES string of the molecule is Fc1c2ccc(c1F)OCO2. The van der Waals surface area contributed by atoms with E-state index in [-0.39, 0.29) is 18.3 Å². The molecule has 11 heavy (non-hydrogen) atoms.